The number of rotatable bonds is 9. The molecule has 4 N–H and O–H groups in total. The molecule has 122 valence electrons. The van der Waals surface area contributed by atoms with E-state index in [0.717, 1.165) is 21.6 Å². The number of carbonyl (C=O) groups excluding carboxylic acids is 2. The summed E-state index contributed by atoms with van der Waals surface area (Å²) in [6.45, 7) is 2.43. The highest BCUT2D eigenvalue weighted by atomic mass is 35.5. The second-order valence-corrected chi connectivity index (χ2v) is 6.30. The Morgan fingerprint density at radius 3 is 1.33 bits per heavy atom. The third-order valence-electron chi connectivity index (χ3n) is 1.90. The van der Waals surface area contributed by atoms with E-state index < -0.39 is 35.8 Å². The minimum atomic E-state index is -1.16. The minimum Gasteiger partial charge on any atom is -0.480 e. The maximum atomic E-state index is 10.8. The monoisotopic (exact) mass is 360 g/mol. The first-order valence-corrected chi connectivity index (χ1v) is 7.97. The van der Waals surface area contributed by atoms with Crippen molar-refractivity contribution in [3.63, 3.8) is 0 Å². The number of carbonyl (C=O) groups is 4. The van der Waals surface area contributed by atoms with E-state index in [4.69, 9.17) is 10.2 Å². The van der Waals surface area contributed by atoms with Crippen LogP contribution < -0.4 is 10.6 Å². The highest BCUT2D eigenvalue weighted by molar-refractivity contribution is 8.76. The molecular weight excluding hydrogens is 344 g/mol. The Hall–Kier alpha value is -1.13. The van der Waals surface area contributed by atoms with Gasteiger partial charge in [-0.25, -0.2) is 9.59 Å². The summed E-state index contributed by atoms with van der Waals surface area (Å²) in [5.74, 6) is -3.05. The number of hydrogen-bond donors (Lipinski definition) is 4. The summed E-state index contributed by atoms with van der Waals surface area (Å²) < 4.78 is 0. The maximum Gasteiger partial charge on any atom is 0.327 e. The lowest BCUT2D eigenvalue weighted by atomic mass is 10.3. The van der Waals surface area contributed by atoms with Gasteiger partial charge in [-0.2, -0.15) is 0 Å². The van der Waals surface area contributed by atoms with E-state index in [1.165, 1.54) is 13.8 Å². The molecule has 0 aromatic rings. The average molecular weight is 361 g/mol. The molecule has 0 aromatic carbocycles. The van der Waals surface area contributed by atoms with Crippen LogP contribution in [0.4, 0.5) is 0 Å². The van der Waals surface area contributed by atoms with Gasteiger partial charge in [0.2, 0.25) is 11.8 Å². The van der Waals surface area contributed by atoms with Crippen LogP contribution in [0.1, 0.15) is 13.8 Å². The van der Waals surface area contributed by atoms with Crippen molar-refractivity contribution in [1.82, 2.24) is 10.6 Å². The van der Waals surface area contributed by atoms with Gasteiger partial charge < -0.3 is 20.8 Å². The minimum absolute atomic E-state index is 0. The van der Waals surface area contributed by atoms with E-state index >= 15 is 0 Å². The fourth-order valence-corrected chi connectivity index (χ4v) is 3.38. The molecule has 2 atom stereocenters. The normalized spacial score (nSPS) is 12.5. The van der Waals surface area contributed by atoms with E-state index in [-0.39, 0.29) is 23.9 Å². The van der Waals surface area contributed by atoms with Gasteiger partial charge in [0.25, 0.3) is 0 Å². The predicted octanol–water partition coefficient (Wildman–Crippen LogP) is -0.0318. The van der Waals surface area contributed by atoms with E-state index in [0.29, 0.717) is 0 Å². The van der Waals surface area contributed by atoms with Gasteiger partial charge in [0, 0.05) is 25.4 Å². The first kappa shape index (κ1) is 22.2. The molecule has 2 amide bonds. The summed E-state index contributed by atoms with van der Waals surface area (Å²) in [6.07, 6.45) is 0. The van der Waals surface area contributed by atoms with Gasteiger partial charge >= 0.3 is 11.9 Å². The molecule has 0 bridgehead atoms. The highest BCUT2D eigenvalue weighted by Gasteiger charge is 2.21. The molecule has 11 heteroatoms. The van der Waals surface area contributed by atoms with Crippen LogP contribution in [0.2, 0.25) is 0 Å². The van der Waals surface area contributed by atoms with Crippen LogP contribution in [-0.2, 0) is 19.2 Å². The summed E-state index contributed by atoms with van der Waals surface area (Å²) in [7, 11) is 2.22. The van der Waals surface area contributed by atoms with E-state index in [1.54, 1.807) is 0 Å². The van der Waals surface area contributed by atoms with Crippen molar-refractivity contribution in [2.24, 2.45) is 0 Å². The number of carboxylic acids is 2. The van der Waals surface area contributed by atoms with Gasteiger partial charge in [0.1, 0.15) is 12.1 Å². The van der Waals surface area contributed by atoms with Gasteiger partial charge in [-0.1, -0.05) is 21.6 Å². The summed E-state index contributed by atoms with van der Waals surface area (Å²) in [4.78, 5) is 43.2. The molecule has 0 rings (SSSR count). The van der Waals surface area contributed by atoms with Gasteiger partial charge in [-0.05, 0) is 0 Å². The molecule has 0 spiro atoms. The first-order valence-electron chi connectivity index (χ1n) is 5.48. The van der Waals surface area contributed by atoms with Crippen molar-refractivity contribution in [3.05, 3.63) is 0 Å². The van der Waals surface area contributed by atoms with Crippen LogP contribution in [0.15, 0.2) is 0 Å². The van der Waals surface area contributed by atoms with Crippen LogP contribution in [0.3, 0.4) is 0 Å². The smallest absolute Gasteiger partial charge is 0.327 e. The molecular formula is C10H17ClN2O6S2. The lowest BCUT2D eigenvalue weighted by molar-refractivity contribution is -0.141. The van der Waals surface area contributed by atoms with Crippen molar-refractivity contribution in [1.29, 1.82) is 0 Å². The first-order chi connectivity index (χ1) is 9.23. The van der Waals surface area contributed by atoms with Crippen molar-refractivity contribution in [2.45, 2.75) is 25.9 Å². The lowest BCUT2D eigenvalue weighted by Gasteiger charge is -2.14. The zero-order chi connectivity index (χ0) is 15.7. The molecule has 0 saturated carbocycles. The van der Waals surface area contributed by atoms with E-state index in [9.17, 15) is 19.2 Å². The van der Waals surface area contributed by atoms with E-state index in [1.807, 2.05) is 0 Å². The molecule has 0 radical (unpaired) electrons. The van der Waals surface area contributed by atoms with Crippen molar-refractivity contribution in [2.75, 3.05) is 11.5 Å². The second-order valence-electron chi connectivity index (χ2n) is 3.75. The number of nitrogens with one attached hydrogen (secondary N) is 2. The summed E-state index contributed by atoms with van der Waals surface area (Å²) >= 11 is 0. The average Bonchev–Trinajstić information content (AvgIpc) is 2.29. The van der Waals surface area contributed by atoms with Gasteiger partial charge in [0.15, 0.2) is 0 Å². The largest absolute Gasteiger partial charge is 0.480 e. The lowest BCUT2D eigenvalue weighted by Crippen LogP contribution is -2.42. The number of hydrogen-bond acceptors (Lipinski definition) is 6. The zero-order valence-electron chi connectivity index (χ0n) is 11.3. The SMILES string of the molecule is CC(=O)N[C@@H](CSSC[C@H](NC(C)=O)C(=O)O)C(=O)O.Cl. The topological polar surface area (TPSA) is 133 Å². The van der Waals surface area contributed by atoms with Crippen molar-refractivity contribution < 1.29 is 29.4 Å². The Morgan fingerprint density at radius 1 is 0.857 bits per heavy atom. The zero-order valence-corrected chi connectivity index (χ0v) is 13.8. The molecule has 0 aliphatic rings. The third kappa shape index (κ3) is 11.2. The van der Waals surface area contributed by atoms with Crippen LogP contribution in [-0.4, -0.2) is 57.6 Å². The molecule has 0 unspecified atom stereocenters. The molecule has 0 heterocycles. The summed E-state index contributed by atoms with van der Waals surface area (Å²) in [6, 6.07) is -2.07. The molecule has 0 saturated heterocycles. The number of aliphatic carboxylic acids is 2. The molecule has 8 nitrogen and oxygen atoms in total. The maximum absolute atomic E-state index is 10.8. The Bertz CT molecular complexity index is 360. The van der Waals surface area contributed by atoms with Crippen molar-refractivity contribution >= 4 is 57.7 Å². The van der Waals surface area contributed by atoms with Crippen molar-refractivity contribution in [3.8, 4) is 0 Å². The van der Waals surface area contributed by atoms with E-state index in [2.05, 4.69) is 10.6 Å². The Labute approximate surface area is 135 Å². The highest BCUT2D eigenvalue weighted by Crippen LogP contribution is 2.23. The summed E-state index contributed by atoms with van der Waals surface area (Å²) in [5, 5.41) is 22.2. The fourth-order valence-electron chi connectivity index (χ4n) is 1.07. The molecule has 21 heavy (non-hydrogen) atoms. The van der Waals surface area contributed by atoms with Gasteiger partial charge in [0.05, 0.1) is 0 Å². The molecule has 0 aliphatic heterocycles. The van der Waals surface area contributed by atoms with Gasteiger partial charge in [-0.15, -0.1) is 12.4 Å². The van der Waals surface area contributed by atoms with Crippen LogP contribution >= 0.6 is 34.0 Å². The molecule has 0 aliphatic carbocycles. The molecule has 0 fully saturated rings. The number of amides is 2. The quantitative estimate of drug-likeness (QED) is 0.333. The third-order valence-corrected chi connectivity index (χ3v) is 4.33. The van der Waals surface area contributed by atoms with Crippen LogP contribution in [0.5, 0.6) is 0 Å². The molecule has 0 aromatic heterocycles. The summed E-state index contributed by atoms with van der Waals surface area (Å²) in [5.41, 5.74) is 0. The number of carboxylic acid groups (broad SMARTS) is 2. The Kier molecular flexibility index (Phi) is 12.2. The van der Waals surface area contributed by atoms with Crippen LogP contribution in [0.25, 0.3) is 0 Å². The Balaban J connectivity index is 0. The second kappa shape index (κ2) is 11.5. The van der Waals surface area contributed by atoms with Gasteiger partial charge in [-0.3, -0.25) is 9.59 Å². The number of halogens is 1. The predicted molar refractivity (Wildman–Crippen MR) is 82.6 cm³/mol. The Morgan fingerprint density at radius 2 is 1.14 bits per heavy atom. The fraction of sp³-hybridized carbons (Fsp3) is 0.600. The standard InChI is InChI=1S/C10H16N2O6S2.ClH/c1-5(13)11-7(9(15)16)3-19-20-4-8(10(17)18)12-6(2)14;/h7-8H,3-4H2,1-2H3,(H,11,13)(H,12,14)(H,15,16)(H,17,18);1H/t7-,8-;/m0./s1. The van der Waals surface area contributed by atoms with Crippen LogP contribution in [0, 0.1) is 0 Å².